The van der Waals surface area contributed by atoms with E-state index < -0.39 is 0 Å². The van der Waals surface area contributed by atoms with Crippen molar-refractivity contribution in [2.24, 2.45) is 10.4 Å². The van der Waals surface area contributed by atoms with Gasteiger partial charge in [-0.15, -0.1) is 0 Å². The molecular weight excluding hydrogens is 224 g/mol. The highest BCUT2D eigenvalue weighted by molar-refractivity contribution is 5.80. The number of hydrogen-bond donors (Lipinski definition) is 1. The molecule has 4 heteroatoms. The Balaban J connectivity index is 1.75. The molecule has 2 aliphatic rings. The van der Waals surface area contributed by atoms with E-state index >= 15 is 0 Å². The third kappa shape index (κ3) is 3.16. The first-order valence-corrected chi connectivity index (χ1v) is 7.35. The summed E-state index contributed by atoms with van der Waals surface area (Å²) in [4.78, 5) is 9.33. The van der Waals surface area contributed by atoms with E-state index in [1.165, 1.54) is 32.4 Å². The zero-order chi connectivity index (χ0) is 13.0. The minimum absolute atomic E-state index is 0.481. The third-order valence-electron chi connectivity index (χ3n) is 4.58. The van der Waals surface area contributed by atoms with Crippen molar-refractivity contribution >= 4 is 5.96 Å². The SMILES string of the molecule is CCC1(C)CCN(C(=NC)NCCN2CCC2)C1. The second-order valence-corrected chi connectivity index (χ2v) is 6.00. The average molecular weight is 252 g/mol. The highest BCUT2D eigenvalue weighted by atomic mass is 15.3. The van der Waals surface area contributed by atoms with Crippen molar-refractivity contribution in [2.45, 2.75) is 33.1 Å². The van der Waals surface area contributed by atoms with E-state index in [1.807, 2.05) is 7.05 Å². The van der Waals surface area contributed by atoms with Gasteiger partial charge in [0.25, 0.3) is 0 Å². The summed E-state index contributed by atoms with van der Waals surface area (Å²) < 4.78 is 0. The molecule has 18 heavy (non-hydrogen) atoms. The topological polar surface area (TPSA) is 30.9 Å². The van der Waals surface area contributed by atoms with Gasteiger partial charge in [0.05, 0.1) is 0 Å². The first-order chi connectivity index (χ1) is 8.67. The predicted molar refractivity (Wildman–Crippen MR) is 77.0 cm³/mol. The largest absolute Gasteiger partial charge is 0.355 e. The van der Waals surface area contributed by atoms with Crippen molar-refractivity contribution in [3.63, 3.8) is 0 Å². The second kappa shape index (κ2) is 5.91. The molecule has 0 saturated carbocycles. The van der Waals surface area contributed by atoms with E-state index in [4.69, 9.17) is 0 Å². The van der Waals surface area contributed by atoms with Gasteiger partial charge in [0.15, 0.2) is 5.96 Å². The molecule has 0 spiro atoms. The molecule has 4 nitrogen and oxygen atoms in total. The van der Waals surface area contributed by atoms with Gasteiger partial charge in [-0.25, -0.2) is 0 Å². The van der Waals surface area contributed by atoms with Gasteiger partial charge < -0.3 is 15.1 Å². The van der Waals surface area contributed by atoms with Crippen LogP contribution in [0.15, 0.2) is 4.99 Å². The lowest BCUT2D eigenvalue weighted by Gasteiger charge is -2.31. The van der Waals surface area contributed by atoms with Crippen molar-refractivity contribution in [3.8, 4) is 0 Å². The van der Waals surface area contributed by atoms with Crippen LogP contribution in [0.4, 0.5) is 0 Å². The van der Waals surface area contributed by atoms with Crippen LogP contribution < -0.4 is 5.32 Å². The molecule has 0 bridgehead atoms. The molecule has 2 rings (SSSR count). The number of nitrogens with zero attached hydrogens (tertiary/aromatic N) is 3. The summed E-state index contributed by atoms with van der Waals surface area (Å²) in [5.41, 5.74) is 0.481. The summed E-state index contributed by atoms with van der Waals surface area (Å²) in [5, 5.41) is 3.51. The van der Waals surface area contributed by atoms with Crippen LogP contribution in [0.25, 0.3) is 0 Å². The Hall–Kier alpha value is -0.770. The minimum atomic E-state index is 0.481. The van der Waals surface area contributed by atoms with E-state index in [-0.39, 0.29) is 0 Å². The lowest BCUT2D eigenvalue weighted by atomic mass is 9.87. The lowest BCUT2D eigenvalue weighted by molar-refractivity contribution is 0.184. The summed E-state index contributed by atoms with van der Waals surface area (Å²) in [6.07, 6.45) is 3.92. The molecule has 1 atom stereocenters. The first-order valence-electron chi connectivity index (χ1n) is 7.35. The Bertz CT molecular complexity index is 298. The smallest absolute Gasteiger partial charge is 0.193 e. The first kappa shape index (κ1) is 13.7. The molecule has 2 aliphatic heterocycles. The molecular formula is C14H28N4. The Morgan fingerprint density at radius 1 is 1.33 bits per heavy atom. The van der Waals surface area contributed by atoms with Crippen LogP contribution in [0, 0.1) is 5.41 Å². The lowest BCUT2D eigenvalue weighted by Crippen LogP contribution is -2.46. The maximum Gasteiger partial charge on any atom is 0.193 e. The normalized spacial score (nSPS) is 29.5. The molecule has 1 N–H and O–H groups in total. The molecule has 2 fully saturated rings. The average Bonchev–Trinajstić information content (AvgIpc) is 2.71. The standard InChI is InChI=1S/C14H28N4/c1-4-14(2)6-10-18(12-14)13(15-3)16-7-11-17-8-5-9-17/h4-12H2,1-3H3,(H,15,16). The monoisotopic (exact) mass is 252 g/mol. The van der Waals surface area contributed by atoms with Crippen LogP contribution >= 0.6 is 0 Å². The Kier molecular flexibility index (Phi) is 4.49. The number of likely N-dealkylation sites (tertiary alicyclic amines) is 2. The maximum atomic E-state index is 4.42. The van der Waals surface area contributed by atoms with Gasteiger partial charge in [0.2, 0.25) is 0 Å². The fourth-order valence-corrected chi connectivity index (χ4v) is 2.76. The zero-order valence-corrected chi connectivity index (χ0v) is 12.2. The van der Waals surface area contributed by atoms with E-state index in [9.17, 15) is 0 Å². The molecule has 1 unspecified atom stereocenters. The van der Waals surface area contributed by atoms with Crippen molar-refractivity contribution in [1.82, 2.24) is 15.1 Å². The van der Waals surface area contributed by atoms with Crippen LogP contribution in [-0.4, -0.2) is 62.1 Å². The van der Waals surface area contributed by atoms with Crippen LogP contribution in [0.1, 0.15) is 33.1 Å². The van der Waals surface area contributed by atoms with Crippen LogP contribution in [0.3, 0.4) is 0 Å². The van der Waals surface area contributed by atoms with Crippen molar-refractivity contribution < 1.29 is 0 Å². The van der Waals surface area contributed by atoms with E-state index in [2.05, 4.69) is 34.0 Å². The number of aliphatic imine (C=N–C) groups is 1. The van der Waals surface area contributed by atoms with E-state index in [0.29, 0.717) is 5.41 Å². The van der Waals surface area contributed by atoms with Crippen LogP contribution in [-0.2, 0) is 0 Å². The summed E-state index contributed by atoms with van der Waals surface area (Å²) in [5.74, 6) is 1.09. The third-order valence-corrected chi connectivity index (χ3v) is 4.58. The zero-order valence-electron chi connectivity index (χ0n) is 12.2. The molecule has 0 aliphatic carbocycles. The number of hydrogen-bond acceptors (Lipinski definition) is 2. The van der Waals surface area contributed by atoms with Gasteiger partial charge in [0, 0.05) is 33.2 Å². The Morgan fingerprint density at radius 2 is 2.11 bits per heavy atom. The number of nitrogens with one attached hydrogen (secondary N) is 1. The van der Waals surface area contributed by atoms with Crippen molar-refractivity contribution in [2.75, 3.05) is 46.3 Å². The highest BCUT2D eigenvalue weighted by Crippen LogP contribution is 2.32. The second-order valence-electron chi connectivity index (χ2n) is 6.00. The molecule has 0 radical (unpaired) electrons. The number of rotatable bonds is 4. The highest BCUT2D eigenvalue weighted by Gasteiger charge is 2.33. The van der Waals surface area contributed by atoms with Gasteiger partial charge in [-0.2, -0.15) is 0 Å². The quantitative estimate of drug-likeness (QED) is 0.606. The van der Waals surface area contributed by atoms with Gasteiger partial charge in [-0.05, 0) is 37.8 Å². The summed E-state index contributed by atoms with van der Waals surface area (Å²) in [6, 6.07) is 0. The maximum absolute atomic E-state index is 4.42. The predicted octanol–water partition coefficient (Wildman–Crippen LogP) is 1.39. The van der Waals surface area contributed by atoms with Gasteiger partial charge in [0.1, 0.15) is 0 Å². The van der Waals surface area contributed by atoms with Gasteiger partial charge in [-0.1, -0.05) is 13.8 Å². The molecule has 0 aromatic carbocycles. The van der Waals surface area contributed by atoms with Crippen molar-refractivity contribution in [1.29, 1.82) is 0 Å². The van der Waals surface area contributed by atoms with Crippen LogP contribution in [0.5, 0.6) is 0 Å². The Morgan fingerprint density at radius 3 is 2.61 bits per heavy atom. The Labute approximate surface area is 111 Å². The molecule has 2 heterocycles. The molecule has 0 amide bonds. The van der Waals surface area contributed by atoms with Crippen molar-refractivity contribution in [3.05, 3.63) is 0 Å². The summed E-state index contributed by atoms with van der Waals surface area (Å²) in [6.45, 7) is 11.7. The summed E-state index contributed by atoms with van der Waals surface area (Å²) in [7, 11) is 1.90. The van der Waals surface area contributed by atoms with Crippen LogP contribution in [0.2, 0.25) is 0 Å². The molecule has 0 aromatic heterocycles. The van der Waals surface area contributed by atoms with E-state index in [1.54, 1.807) is 0 Å². The van der Waals surface area contributed by atoms with E-state index in [0.717, 1.165) is 32.1 Å². The molecule has 104 valence electrons. The minimum Gasteiger partial charge on any atom is -0.355 e. The van der Waals surface area contributed by atoms with Gasteiger partial charge in [-0.3, -0.25) is 4.99 Å². The van der Waals surface area contributed by atoms with Gasteiger partial charge >= 0.3 is 0 Å². The molecule has 0 aromatic rings. The fraction of sp³-hybridized carbons (Fsp3) is 0.929. The fourth-order valence-electron chi connectivity index (χ4n) is 2.76. The number of guanidine groups is 1. The molecule has 2 saturated heterocycles. The summed E-state index contributed by atoms with van der Waals surface area (Å²) >= 11 is 0.